The second-order valence-corrected chi connectivity index (χ2v) is 15.2. The highest BCUT2D eigenvalue weighted by molar-refractivity contribution is 5.72. The summed E-state index contributed by atoms with van der Waals surface area (Å²) in [5, 5.41) is 9.38. The maximum absolute atomic E-state index is 12.6. The van der Waals surface area contributed by atoms with Crippen LogP contribution in [0.3, 0.4) is 0 Å². The van der Waals surface area contributed by atoms with Gasteiger partial charge < -0.3 is 19.5 Å². The Balaban J connectivity index is 3.92. The summed E-state index contributed by atoms with van der Waals surface area (Å²) in [6.07, 6.45) is 37.4. The number of ether oxygens (including phenoxy) is 2. The molecule has 0 rings (SSSR count). The normalized spacial score (nSPS) is 12.9. The molecule has 0 aromatic heterocycles. The van der Waals surface area contributed by atoms with E-state index >= 15 is 0 Å². The number of carbonyl (C=O) groups excluding carboxylic acids is 2. The molecule has 0 spiro atoms. The Morgan fingerprint density at radius 1 is 0.510 bits per heavy atom. The van der Waals surface area contributed by atoms with Crippen molar-refractivity contribution < 1.29 is 24.2 Å². The molecule has 0 heterocycles. The number of esters is 2. The van der Waals surface area contributed by atoms with Crippen LogP contribution in [0, 0.1) is 11.8 Å². The minimum absolute atomic E-state index is 0.000731. The molecule has 0 aliphatic carbocycles. The lowest BCUT2D eigenvalue weighted by atomic mass is 9.95. The zero-order valence-corrected chi connectivity index (χ0v) is 34.6. The van der Waals surface area contributed by atoms with Crippen LogP contribution in [0.4, 0.5) is 0 Å². The largest absolute Gasteiger partial charge is 0.465 e. The SMILES string of the molecule is C/C=C/CC(CCCCCC)C(=O)OCCCCCCCCCN(CCCO)CCCCCCCCCOC(=O)C(CCCC)CCCCCC. The standard InChI is InChI=1S/C45H87NO5/c1-5-9-13-25-34-42(32-11-7-3)44(48)50-40-29-23-19-15-17-21-27-36-46(38-31-39-47)37-28-22-18-16-20-24-30-41-51-45(49)43(33-12-8-4)35-26-14-10-6-2/h7,11,42-43,47H,5-6,8-10,12-41H2,1-4H3/b11-7+. The van der Waals surface area contributed by atoms with Crippen LogP contribution in [0.2, 0.25) is 0 Å². The van der Waals surface area contributed by atoms with Crippen LogP contribution in [-0.4, -0.2) is 61.4 Å². The summed E-state index contributed by atoms with van der Waals surface area (Å²) in [4.78, 5) is 27.8. The van der Waals surface area contributed by atoms with E-state index in [0.717, 1.165) is 103 Å². The van der Waals surface area contributed by atoms with Gasteiger partial charge in [-0.05, 0) is 77.8 Å². The maximum atomic E-state index is 12.6. The molecule has 51 heavy (non-hydrogen) atoms. The average Bonchev–Trinajstić information content (AvgIpc) is 3.14. The molecule has 0 aromatic rings. The van der Waals surface area contributed by atoms with Gasteiger partial charge in [-0.2, -0.15) is 0 Å². The van der Waals surface area contributed by atoms with Crippen molar-refractivity contribution >= 4 is 11.9 Å². The molecule has 0 radical (unpaired) electrons. The van der Waals surface area contributed by atoms with Crippen molar-refractivity contribution in [1.29, 1.82) is 0 Å². The Morgan fingerprint density at radius 3 is 1.37 bits per heavy atom. The third-order valence-electron chi connectivity index (χ3n) is 10.4. The number of hydrogen-bond acceptors (Lipinski definition) is 6. The quantitative estimate of drug-likeness (QED) is 0.0386. The molecule has 0 bridgehead atoms. The number of aliphatic hydroxyl groups is 1. The summed E-state index contributed by atoms with van der Waals surface area (Å²) in [6, 6.07) is 0. The first-order valence-electron chi connectivity index (χ1n) is 22.3. The fourth-order valence-electron chi connectivity index (χ4n) is 6.95. The lowest BCUT2D eigenvalue weighted by molar-refractivity contribution is -0.150. The van der Waals surface area contributed by atoms with Gasteiger partial charge in [0.05, 0.1) is 25.0 Å². The topological polar surface area (TPSA) is 76.1 Å². The Labute approximate surface area is 317 Å². The van der Waals surface area contributed by atoms with Crippen LogP contribution < -0.4 is 0 Å². The van der Waals surface area contributed by atoms with E-state index in [4.69, 9.17) is 9.47 Å². The molecule has 0 fully saturated rings. The van der Waals surface area contributed by atoms with E-state index < -0.39 is 0 Å². The summed E-state index contributed by atoms with van der Waals surface area (Å²) in [6.45, 7) is 13.4. The van der Waals surface area contributed by atoms with Gasteiger partial charge in [0.15, 0.2) is 0 Å². The molecule has 0 aliphatic rings. The Morgan fingerprint density at radius 2 is 0.902 bits per heavy atom. The third kappa shape index (κ3) is 32.9. The number of hydrogen-bond donors (Lipinski definition) is 1. The molecule has 2 atom stereocenters. The van der Waals surface area contributed by atoms with Gasteiger partial charge >= 0.3 is 11.9 Å². The molecule has 302 valence electrons. The lowest BCUT2D eigenvalue weighted by Crippen LogP contribution is -2.27. The van der Waals surface area contributed by atoms with E-state index in [2.05, 4.69) is 31.7 Å². The molecule has 1 N–H and O–H groups in total. The van der Waals surface area contributed by atoms with Gasteiger partial charge in [0.2, 0.25) is 0 Å². The molecule has 0 amide bonds. The Kier molecular flexibility index (Phi) is 38.7. The van der Waals surface area contributed by atoms with E-state index in [1.807, 2.05) is 13.0 Å². The zero-order chi connectivity index (χ0) is 37.5. The molecular weight excluding hydrogens is 634 g/mol. The highest BCUT2D eigenvalue weighted by Crippen LogP contribution is 2.20. The van der Waals surface area contributed by atoms with Crippen molar-refractivity contribution in [3.05, 3.63) is 12.2 Å². The highest BCUT2D eigenvalue weighted by Gasteiger charge is 2.19. The number of carbonyl (C=O) groups is 2. The van der Waals surface area contributed by atoms with E-state index in [0.29, 0.717) is 13.2 Å². The van der Waals surface area contributed by atoms with Gasteiger partial charge in [0, 0.05) is 13.2 Å². The summed E-state index contributed by atoms with van der Waals surface area (Å²) < 4.78 is 11.4. The predicted octanol–water partition coefficient (Wildman–Crippen LogP) is 12.5. The van der Waals surface area contributed by atoms with Gasteiger partial charge in [0.25, 0.3) is 0 Å². The maximum Gasteiger partial charge on any atom is 0.309 e. The Bertz CT molecular complexity index is 772. The second-order valence-electron chi connectivity index (χ2n) is 15.2. The summed E-state index contributed by atoms with van der Waals surface area (Å²) in [5.74, 6) is 0.180. The van der Waals surface area contributed by atoms with E-state index in [1.165, 1.54) is 103 Å². The molecule has 0 aliphatic heterocycles. The highest BCUT2D eigenvalue weighted by atomic mass is 16.5. The smallest absolute Gasteiger partial charge is 0.309 e. The zero-order valence-electron chi connectivity index (χ0n) is 34.6. The molecule has 0 saturated carbocycles. The predicted molar refractivity (Wildman–Crippen MR) is 218 cm³/mol. The van der Waals surface area contributed by atoms with Gasteiger partial charge in [-0.3, -0.25) is 9.59 Å². The van der Waals surface area contributed by atoms with Gasteiger partial charge in [0.1, 0.15) is 0 Å². The van der Waals surface area contributed by atoms with Crippen molar-refractivity contribution in [3.8, 4) is 0 Å². The number of nitrogens with zero attached hydrogens (tertiary/aromatic N) is 1. The van der Waals surface area contributed by atoms with E-state index in [1.54, 1.807) is 0 Å². The molecular formula is C45H87NO5. The van der Waals surface area contributed by atoms with Crippen LogP contribution in [0.5, 0.6) is 0 Å². The first kappa shape index (κ1) is 49.6. The van der Waals surface area contributed by atoms with E-state index in [-0.39, 0.29) is 30.4 Å². The molecule has 0 aromatic carbocycles. The number of aliphatic hydroxyl groups excluding tert-OH is 1. The Hall–Kier alpha value is -1.40. The van der Waals surface area contributed by atoms with Crippen LogP contribution in [0.25, 0.3) is 0 Å². The fraction of sp³-hybridized carbons (Fsp3) is 0.911. The lowest BCUT2D eigenvalue weighted by Gasteiger charge is -2.22. The molecule has 6 nitrogen and oxygen atoms in total. The fourth-order valence-corrected chi connectivity index (χ4v) is 6.95. The minimum atomic E-state index is 0.000731. The van der Waals surface area contributed by atoms with Crippen LogP contribution in [0.15, 0.2) is 12.2 Å². The van der Waals surface area contributed by atoms with Crippen LogP contribution >= 0.6 is 0 Å². The first-order chi connectivity index (χ1) is 25.0. The first-order valence-corrected chi connectivity index (χ1v) is 22.3. The molecule has 2 unspecified atom stereocenters. The van der Waals surface area contributed by atoms with Crippen LogP contribution in [-0.2, 0) is 19.1 Å². The number of unbranched alkanes of at least 4 members (excludes halogenated alkanes) is 19. The molecule has 0 saturated heterocycles. The third-order valence-corrected chi connectivity index (χ3v) is 10.4. The van der Waals surface area contributed by atoms with E-state index in [9.17, 15) is 14.7 Å². The van der Waals surface area contributed by atoms with Gasteiger partial charge in [-0.25, -0.2) is 0 Å². The van der Waals surface area contributed by atoms with Crippen molar-refractivity contribution in [2.45, 2.75) is 214 Å². The van der Waals surface area contributed by atoms with Crippen LogP contribution in [0.1, 0.15) is 214 Å². The monoisotopic (exact) mass is 722 g/mol. The van der Waals surface area contributed by atoms with Gasteiger partial charge in [-0.15, -0.1) is 0 Å². The van der Waals surface area contributed by atoms with Gasteiger partial charge in [-0.1, -0.05) is 161 Å². The summed E-state index contributed by atoms with van der Waals surface area (Å²) in [7, 11) is 0. The number of rotatable bonds is 40. The van der Waals surface area contributed by atoms with Crippen molar-refractivity contribution in [2.75, 3.05) is 39.5 Å². The second kappa shape index (κ2) is 39.8. The number of allylic oxidation sites excluding steroid dienone is 2. The van der Waals surface area contributed by atoms with Crippen molar-refractivity contribution in [1.82, 2.24) is 4.90 Å². The summed E-state index contributed by atoms with van der Waals surface area (Å²) in [5.41, 5.74) is 0. The summed E-state index contributed by atoms with van der Waals surface area (Å²) >= 11 is 0. The molecule has 6 heteroatoms. The minimum Gasteiger partial charge on any atom is -0.465 e. The van der Waals surface area contributed by atoms with Crippen molar-refractivity contribution in [2.24, 2.45) is 11.8 Å². The average molecular weight is 722 g/mol. The van der Waals surface area contributed by atoms with Crippen molar-refractivity contribution in [3.63, 3.8) is 0 Å².